The summed E-state index contributed by atoms with van der Waals surface area (Å²) in [4.78, 5) is 24.0. The topological polar surface area (TPSA) is 57.6 Å². The number of carbonyl (C=O) groups excluding carboxylic acids is 1. The first-order valence-electron chi connectivity index (χ1n) is 7.69. The van der Waals surface area contributed by atoms with Crippen LogP contribution in [0.2, 0.25) is 0 Å². The molecule has 1 aliphatic heterocycles. The lowest BCUT2D eigenvalue weighted by Crippen LogP contribution is -2.36. The normalized spacial score (nSPS) is 12.4. The lowest BCUT2D eigenvalue weighted by Gasteiger charge is -2.29. The molecule has 1 aliphatic rings. The molecule has 4 nitrogen and oxygen atoms in total. The Bertz CT molecular complexity index is 469. The van der Waals surface area contributed by atoms with E-state index in [-0.39, 0.29) is 18.9 Å². The molecular weight excluding hydrogens is 266 g/mol. The minimum absolute atomic E-state index is 0.0148. The zero-order chi connectivity index (χ0) is 16.4. The van der Waals surface area contributed by atoms with Gasteiger partial charge in [-0.1, -0.05) is 45.4 Å². The molecule has 4 heteroatoms. The van der Waals surface area contributed by atoms with Gasteiger partial charge in [0, 0.05) is 18.7 Å². The summed E-state index contributed by atoms with van der Waals surface area (Å²) in [5, 5.41) is 8.68. The van der Waals surface area contributed by atoms with Crippen LogP contribution in [-0.4, -0.2) is 23.5 Å². The van der Waals surface area contributed by atoms with E-state index < -0.39 is 5.97 Å². The van der Waals surface area contributed by atoms with Gasteiger partial charge in [-0.15, -0.1) is 0 Å². The summed E-state index contributed by atoms with van der Waals surface area (Å²) >= 11 is 0. The Kier molecular flexibility index (Phi) is 9.10. The Morgan fingerprint density at radius 1 is 1.19 bits per heavy atom. The van der Waals surface area contributed by atoms with E-state index in [1.165, 1.54) is 0 Å². The average molecular weight is 293 g/mol. The van der Waals surface area contributed by atoms with Crippen LogP contribution in [0.3, 0.4) is 0 Å². The van der Waals surface area contributed by atoms with E-state index in [0.29, 0.717) is 6.42 Å². The zero-order valence-electron chi connectivity index (χ0n) is 13.8. The number of carboxylic acids is 1. The van der Waals surface area contributed by atoms with Crippen LogP contribution in [0.1, 0.15) is 51.7 Å². The number of hydrogen-bond donors (Lipinski definition) is 1. The molecule has 1 amide bonds. The summed E-state index contributed by atoms with van der Waals surface area (Å²) < 4.78 is 0. The monoisotopic (exact) mass is 293 g/mol. The number of benzene rings is 1. The van der Waals surface area contributed by atoms with Crippen LogP contribution in [0.25, 0.3) is 0 Å². The van der Waals surface area contributed by atoms with Crippen LogP contribution >= 0.6 is 0 Å². The van der Waals surface area contributed by atoms with E-state index >= 15 is 0 Å². The Morgan fingerprint density at radius 2 is 1.81 bits per heavy atom. The van der Waals surface area contributed by atoms with E-state index in [1.807, 2.05) is 46.8 Å². The van der Waals surface area contributed by atoms with Crippen LogP contribution in [-0.2, 0) is 16.0 Å². The van der Waals surface area contributed by atoms with Crippen LogP contribution in [0.4, 0.5) is 5.69 Å². The second kappa shape index (κ2) is 9.97. The number of fused-ring (bicyclic) bond motifs is 1. The van der Waals surface area contributed by atoms with E-state index in [4.69, 9.17) is 5.11 Å². The van der Waals surface area contributed by atoms with Crippen molar-refractivity contribution in [2.24, 2.45) is 0 Å². The van der Waals surface area contributed by atoms with Crippen molar-refractivity contribution >= 4 is 17.6 Å². The molecule has 1 aromatic carbocycles. The Labute approximate surface area is 127 Å². The first kappa shape index (κ1) is 19.2. The van der Waals surface area contributed by atoms with Crippen molar-refractivity contribution < 1.29 is 14.7 Å². The highest BCUT2D eigenvalue weighted by Gasteiger charge is 2.24. The first-order chi connectivity index (χ1) is 10.1. The molecule has 0 saturated heterocycles. The van der Waals surface area contributed by atoms with Crippen molar-refractivity contribution in [3.05, 3.63) is 29.3 Å². The third-order valence-corrected chi connectivity index (χ3v) is 2.98. The molecule has 0 aromatic heterocycles. The van der Waals surface area contributed by atoms with E-state index in [9.17, 15) is 9.59 Å². The van der Waals surface area contributed by atoms with Crippen molar-refractivity contribution in [1.82, 2.24) is 0 Å². The molecule has 0 aliphatic carbocycles. The molecule has 0 saturated carbocycles. The molecule has 0 spiro atoms. The number of carbonyl (C=O) groups is 2. The van der Waals surface area contributed by atoms with Gasteiger partial charge >= 0.3 is 5.97 Å². The van der Waals surface area contributed by atoms with Crippen molar-refractivity contribution in [3.63, 3.8) is 0 Å². The number of carboxylic acid groups (broad SMARTS) is 1. The molecule has 0 unspecified atom stereocenters. The quantitative estimate of drug-likeness (QED) is 0.922. The maximum atomic E-state index is 11.8. The molecule has 0 radical (unpaired) electrons. The summed E-state index contributed by atoms with van der Waals surface area (Å²) in [5.74, 6) is -0.861. The molecule has 1 N–H and O–H groups in total. The second-order valence-corrected chi connectivity index (χ2v) is 4.32. The van der Waals surface area contributed by atoms with Gasteiger partial charge in [0.1, 0.15) is 0 Å². The second-order valence-electron chi connectivity index (χ2n) is 4.32. The maximum absolute atomic E-state index is 11.8. The van der Waals surface area contributed by atoms with Gasteiger partial charge in [-0.25, -0.2) is 0 Å². The predicted molar refractivity (Wildman–Crippen MR) is 86.8 cm³/mol. The fourth-order valence-electron chi connectivity index (χ4n) is 2.14. The molecule has 1 heterocycles. The average Bonchev–Trinajstić information content (AvgIpc) is 2.50. The van der Waals surface area contributed by atoms with Crippen molar-refractivity contribution in [2.75, 3.05) is 11.4 Å². The minimum Gasteiger partial charge on any atom is -0.481 e. The number of rotatable bonds is 3. The summed E-state index contributed by atoms with van der Waals surface area (Å²) in [7, 11) is 0. The summed E-state index contributed by atoms with van der Waals surface area (Å²) in [6.45, 7) is 10.3. The third-order valence-electron chi connectivity index (χ3n) is 2.98. The van der Waals surface area contributed by atoms with Gasteiger partial charge in [-0.2, -0.15) is 0 Å². The largest absolute Gasteiger partial charge is 0.481 e. The summed E-state index contributed by atoms with van der Waals surface area (Å²) in [5.41, 5.74) is 3.17. The number of aryl methyl sites for hydroxylation is 2. The number of aliphatic carboxylic acids is 1. The first-order valence-corrected chi connectivity index (χ1v) is 7.69. The summed E-state index contributed by atoms with van der Waals surface area (Å²) in [6.07, 6.45) is 1.20. The van der Waals surface area contributed by atoms with Gasteiger partial charge < -0.3 is 10.0 Å². The SMILES string of the molecule is CC.CC.Cc1ccc2c(c1)CCC(=O)N2CCC(=O)O. The fourth-order valence-corrected chi connectivity index (χ4v) is 2.14. The highest BCUT2D eigenvalue weighted by atomic mass is 16.4. The number of anilines is 1. The predicted octanol–water partition coefficient (Wildman–Crippen LogP) is 3.80. The maximum Gasteiger partial charge on any atom is 0.305 e. The molecule has 2 rings (SSSR count). The van der Waals surface area contributed by atoms with Gasteiger partial charge in [0.05, 0.1) is 6.42 Å². The minimum atomic E-state index is -0.878. The van der Waals surface area contributed by atoms with Gasteiger partial charge in [0.15, 0.2) is 0 Å². The highest BCUT2D eigenvalue weighted by Crippen LogP contribution is 2.28. The van der Waals surface area contributed by atoms with Crippen LogP contribution < -0.4 is 4.90 Å². The van der Waals surface area contributed by atoms with Gasteiger partial charge in [-0.05, 0) is 25.0 Å². The number of hydrogen-bond acceptors (Lipinski definition) is 2. The van der Waals surface area contributed by atoms with E-state index in [1.54, 1.807) is 4.90 Å². The molecule has 0 fully saturated rings. The van der Waals surface area contributed by atoms with Gasteiger partial charge in [0.2, 0.25) is 5.91 Å². The Balaban J connectivity index is 0.000000921. The molecule has 118 valence electrons. The molecular formula is C17H27NO3. The Hall–Kier alpha value is -1.84. The third kappa shape index (κ3) is 5.58. The molecule has 21 heavy (non-hydrogen) atoms. The van der Waals surface area contributed by atoms with Gasteiger partial charge in [-0.3, -0.25) is 9.59 Å². The lowest BCUT2D eigenvalue weighted by molar-refractivity contribution is -0.136. The van der Waals surface area contributed by atoms with E-state index in [0.717, 1.165) is 23.2 Å². The molecule has 0 bridgehead atoms. The molecule has 1 aromatic rings. The van der Waals surface area contributed by atoms with Crippen molar-refractivity contribution in [3.8, 4) is 0 Å². The van der Waals surface area contributed by atoms with E-state index in [2.05, 4.69) is 6.07 Å². The smallest absolute Gasteiger partial charge is 0.305 e. The van der Waals surface area contributed by atoms with Crippen molar-refractivity contribution in [2.45, 2.75) is 53.9 Å². The lowest BCUT2D eigenvalue weighted by atomic mass is 9.99. The number of amides is 1. The number of nitrogens with zero attached hydrogens (tertiary/aromatic N) is 1. The van der Waals surface area contributed by atoms with Crippen LogP contribution in [0.5, 0.6) is 0 Å². The van der Waals surface area contributed by atoms with Gasteiger partial charge in [0.25, 0.3) is 0 Å². The zero-order valence-corrected chi connectivity index (χ0v) is 13.8. The van der Waals surface area contributed by atoms with Crippen LogP contribution in [0, 0.1) is 6.92 Å². The van der Waals surface area contributed by atoms with Crippen LogP contribution in [0.15, 0.2) is 18.2 Å². The Morgan fingerprint density at radius 3 is 2.38 bits per heavy atom. The highest BCUT2D eigenvalue weighted by molar-refractivity contribution is 5.96. The standard InChI is InChI=1S/C13H15NO3.2C2H6/c1-9-2-4-11-10(8-9)3-5-12(15)14(11)7-6-13(16)17;2*1-2/h2,4,8H,3,5-7H2,1H3,(H,16,17);2*1-2H3. The summed E-state index contributed by atoms with van der Waals surface area (Å²) in [6, 6.07) is 5.92. The molecule has 0 atom stereocenters. The van der Waals surface area contributed by atoms with Crippen molar-refractivity contribution in [1.29, 1.82) is 0 Å². The fraction of sp³-hybridized carbons (Fsp3) is 0.529.